The van der Waals surface area contributed by atoms with Crippen LogP contribution in [0.4, 0.5) is 5.69 Å². The van der Waals surface area contributed by atoms with Gasteiger partial charge in [0.05, 0.1) is 27.9 Å². The summed E-state index contributed by atoms with van der Waals surface area (Å²) in [7, 11) is 0. The molecule has 7 heteroatoms. The van der Waals surface area contributed by atoms with Crippen LogP contribution in [0.25, 0.3) is 10.9 Å². The van der Waals surface area contributed by atoms with Crippen molar-refractivity contribution in [3.8, 4) is 5.75 Å². The van der Waals surface area contributed by atoms with Gasteiger partial charge in [-0.2, -0.15) is 0 Å². The van der Waals surface area contributed by atoms with Gasteiger partial charge in [-0.3, -0.25) is 0 Å². The lowest BCUT2D eigenvalue weighted by atomic mass is 10.2. The Morgan fingerprint density at radius 2 is 1.63 bits per heavy atom. The largest absolute Gasteiger partial charge is 0.493 e. The van der Waals surface area contributed by atoms with Crippen molar-refractivity contribution in [2.45, 2.75) is 16.2 Å². The number of ether oxygens (including phenoxy) is 1. The SMILES string of the molecule is CSc1ccc(CCOc2ccc(SNc3ccc(Cl)c4c(Cl)c[nH]c34)cc2)cc1. The number of thioether (sulfide) groups is 1. The quantitative estimate of drug-likeness (QED) is 0.200. The summed E-state index contributed by atoms with van der Waals surface area (Å²) in [4.78, 5) is 5.53. The second-order valence-electron chi connectivity index (χ2n) is 6.60. The summed E-state index contributed by atoms with van der Waals surface area (Å²) in [5.74, 6) is 0.866. The molecule has 0 bridgehead atoms. The third-order valence-corrected chi connectivity index (χ3v) is 6.84. The number of benzene rings is 3. The molecule has 0 atom stereocenters. The maximum atomic E-state index is 6.25. The highest BCUT2D eigenvalue weighted by atomic mass is 35.5. The Bertz CT molecular complexity index is 1130. The van der Waals surface area contributed by atoms with Crippen LogP contribution in [0, 0.1) is 0 Å². The number of rotatable bonds is 8. The Labute approximate surface area is 194 Å². The molecule has 4 rings (SSSR count). The molecule has 3 nitrogen and oxygen atoms in total. The molecule has 0 saturated heterocycles. The van der Waals surface area contributed by atoms with Crippen LogP contribution in [0.2, 0.25) is 10.0 Å². The van der Waals surface area contributed by atoms with Gasteiger partial charge in [0, 0.05) is 27.8 Å². The summed E-state index contributed by atoms with van der Waals surface area (Å²) >= 11 is 15.7. The van der Waals surface area contributed by atoms with Crippen LogP contribution in [0.5, 0.6) is 5.75 Å². The van der Waals surface area contributed by atoms with Gasteiger partial charge < -0.3 is 14.4 Å². The average molecular weight is 475 g/mol. The van der Waals surface area contributed by atoms with E-state index in [1.54, 1.807) is 18.0 Å². The highest BCUT2D eigenvalue weighted by molar-refractivity contribution is 8.00. The van der Waals surface area contributed by atoms with Gasteiger partial charge in [-0.25, -0.2) is 0 Å². The first-order chi connectivity index (χ1) is 14.6. The number of anilines is 1. The first-order valence-corrected chi connectivity index (χ1v) is 12.2. The zero-order valence-corrected chi connectivity index (χ0v) is 19.4. The Morgan fingerprint density at radius 1 is 0.900 bits per heavy atom. The third-order valence-electron chi connectivity index (χ3n) is 4.66. The molecule has 0 fully saturated rings. The van der Waals surface area contributed by atoms with Crippen LogP contribution in [-0.2, 0) is 6.42 Å². The molecule has 0 unspecified atom stereocenters. The molecular weight excluding hydrogens is 455 g/mol. The first-order valence-electron chi connectivity index (χ1n) is 9.38. The van der Waals surface area contributed by atoms with Gasteiger partial charge in [0.2, 0.25) is 0 Å². The lowest BCUT2D eigenvalue weighted by molar-refractivity contribution is 0.321. The number of halogens is 2. The average Bonchev–Trinajstić information content (AvgIpc) is 3.17. The van der Waals surface area contributed by atoms with Crippen molar-refractivity contribution in [3.05, 3.63) is 82.5 Å². The summed E-state index contributed by atoms with van der Waals surface area (Å²) in [5.41, 5.74) is 3.10. The number of H-pyrrole nitrogens is 1. The molecule has 0 aliphatic heterocycles. The minimum atomic E-state index is 0.616. The van der Waals surface area contributed by atoms with Gasteiger partial charge in [-0.1, -0.05) is 35.3 Å². The van der Waals surface area contributed by atoms with E-state index in [2.05, 4.69) is 40.2 Å². The van der Waals surface area contributed by atoms with Gasteiger partial charge in [-0.05, 0) is 72.3 Å². The minimum Gasteiger partial charge on any atom is -0.493 e. The number of hydrogen-bond acceptors (Lipinski definition) is 4. The molecule has 154 valence electrons. The fraction of sp³-hybridized carbons (Fsp3) is 0.130. The molecular formula is C23H20Cl2N2OS2. The van der Waals surface area contributed by atoms with Crippen molar-refractivity contribution in [1.82, 2.24) is 4.98 Å². The summed E-state index contributed by atoms with van der Waals surface area (Å²) < 4.78 is 9.25. The van der Waals surface area contributed by atoms with Crippen LogP contribution in [0.3, 0.4) is 0 Å². The van der Waals surface area contributed by atoms with E-state index in [9.17, 15) is 0 Å². The molecule has 0 aliphatic rings. The Kier molecular flexibility index (Phi) is 7.05. The second-order valence-corrected chi connectivity index (χ2v) is 9.18. The smallest absolute Gasteiger partial charge is 0.119 e. The normalized spacial score (nSPS) is 11.0. The molecule has 0 amide bonds. The number of nitrogens with one attached hydrogen (secondary N) is 2. The molecule has 0 spiro atoms. The van der Waals surface area contributed by atoms with E-state index < -0.39 is 0 Å². The molecule has 3 aromatic carbocycles. The number of aromatic amines is 1. The van der Waals surface area contributed by atoms with Crippen LogP contribution in [0.1, 0.15) is 5.56 Å². The van der Waals surface area contributed by atoms with Crippen LogP contribution in [-0.4, -0.2) is 17.8 Å². The molecule has 0 aliphatic carbocycles. The van der Waals surface area contributed by atoms with E-state index in [0.29, 0.717) is 16.7 Å². The van der Waals surface area contributed by atoms with Gasteiger partial charge in [0.25, 0.3) is 0 Å². The fourth-order valence-electron chi connectivity index (χ4n) is 3.05. The van der Waals surface area contributed by atoms with Crippen molar-refractivity contribution in [1.29, 1.82) is 0 Å². The number of aromatic nitrogens is 1. The molecule has 0 saturated carbocycles. The van der Waals surface area contributed by atoms with Crippen LogP contribution < -0.4 is 9.46 Å². The summed E-state index contributed by atoms with van der Waals surface area (Å²) in [5, 5.41) is 2.08. The predicted molar refractivity (Wildman–Crippen MR) is 132 cm³/mol. The fourth-order valence-corrected chi connectivity index (χ4v) is 4.69. The predicted octanol–water partition coefficient (Wildman–Crippen LogP) is 7.94. The monoisotopic (exact) mass is 474 g/mol. The second kappa shape index (κ2) is 9.92. The van der Waals surface area contributed by atoms with Gasteiger partial charge in [-0.15, -0.1) is 11.8 Å². The van der Waals surface area contributed by atoms with E-state index >= 15 is 0 Å². The molecule has 1 heterocycles. The highest BCUT2D eigenvalue weighted by Crippen LogP contribution is 2.36. The van der Waals surface area contributed by atoms with Crippen LogP contribution >= 0.6 is 46.9 Å². The Balaban J connectivity index is 1.31. The van der Waals surface area contributed by atoms with E-state index in [-0.39, 0.29) is 0 Å². The molecule has 4 aromatic rings. The van der Waals surface area contributed by atoms with Crippen molar-refractivity contribution < 1.29 is 4.74 Å². The molecule has 0 radical (unpaired) electrons. The standard InChI is InChI=1S/C23H20Cl2N2OS2/c1-29-17-6-2-15(3-7-17)12-13-28-16-4-8-18(9-5-16)30-27-21-11-10-19(24)22-20(25)14-26-23(21)22/h2-11,14,26-27H,12-13H2,1H3. The molecule has 2 N–H and O–H groups in total. The third kappa shape index (κ3) is 5.03. The maximum Gasteiger partial charge on any atom is 0.119 e. The minimum absolute atomic E-state index is 0.616. The van der Waals surface area contributed by atoms with E-state index in [0.717, 1.165) is 33.7 Å². The van der Waals surface area contributed by atoms with Crippen molar-refractivity contribution >= 4 is 63.5 Å². The molecule has 30 heavy (non-hydrogen) atoms. The van der Waals surface area contributed by atoms with Gasteiger partial charge in [0.1, 0.15) is 5.75 Å². The Hall–Kier alpha value is -1.92. The lowest BCUT2D eigenvalue weighted by Crippen LogP contribution is -2.01. The topological polar surface area (TPSA) is 37.0 Å². The van der Waals surface area contributed by atoms with Crippen molar-refractivity contribution in [2.24, 2.45) is 0 Å². The number of hydrogen-bond donors (Lipinski definition) is 2. The van der Waals surface area contributed by atoms with E-state index in [4.69, 9.17) is 27.9 Å². The summed E-state index contributed by atoms with van der Waals surface area (Å²) in [6, 6.07) is 20.4. The van der Waals surface area contributed by atoms with Gasteiger partial charge >= 0.3 is 0 Å². The van der Waals surface area contributed by atoms with Crippen LogP contribution in [0.15, 0.2) is 76.7 Å². The van der Waals surface area contributed by atoms with Crippen molar-refractivity contribution in [3.63, 3.8) is 0 Å². The zero-order chi connectivity index (χ0) is 20.9. The first kappa shape index (κ1) is 21.3. The van der Waals surface area contributed by atoms with E-state index in [1.165, 1.54) is 22.4 Å². The highest BCUT2D eigenvalue weighted by Gasteiger charge is 2.10. The van der Waals surface area contributed by atoms with Crippen molar-refractivity contribution in [2.75, 3.05) is 17.6 Å². The lowest BCUT2D eigenvalue weighted by Gasteiger charge is -2.10. The van der Waals surface area contributed by atoms with E-state index in [1.807, 2.05) is 36.4 Å². The maximum absolute atomic E-state index is 6.25. The Morgan fingerprint density at radius 3 is 2.37 bits per heavy atom. The summed E-state index contributed by atoms with van der Waals surface area (Å²) in [6.45, 7) is 0.652. The number of fused-ring (bicyclic) bond motifs is 1. The van der Waals surface area contributed by atoms with Gasteiger partial charge in [0.15, 0.2) is 0 Å². The summed E-state index contributed by atoms with van der Waals surface area (Å²) in [6.07, 6.45) is 4.72. The molecule has 1 aromatic heterocycles. The zero-order valence-electron chi connectivity index (χ0n) is 16.2.